The molecular weight excluding hydrogens is 294 g/mol. The molecule has 1 unspecified atom stereocenters. The van der Waals surface area contributed by atoms with Gasteiger partial charge in [0, 0.05) is 50.6 Å². The predicted molar refractivity (Wildman–Crippen MR) is 86.4 cm³/mol. The van der Waals surface area contributed by atoms with Crippen molar-refractivity contribution in [2.75, 3.05) is 44.4 Å². The summed E-state index contributed by atoms with van der Waals surface area (Å²) in [6.45, 7) is 5.75. The zero-order chi connectivity index (χ0) is 15.6. The van der Waals surface area contributed by atoms with Crippen molar-refractivity contribution in [2.24, 2.45) is 0 Å². The fourth-order valence-corrected chi connectivity index (χ4v) is 3.90. The van der Waals surface area contributed by atoms with E-state index in [4.69, 9.17) is 9.47 Å². The van der Waals surface area contributed by atoms with Crippen molar-refractivity contribution in [1.82, 2.24) is 9.88 Å². The number of aliphatic hydroxyl groups excluding tert-OH is 1. The van der Waals surface area contributed by atoms with Crippen LogP contribution in [0.5, 0.6) is 0 Å². The van der Waals surface area contributed by atoms with Gasteiger partial charge in [0.25, 0.3) is 0 Å². The van der Waals surface area contributed by atoms with Crippen molar-refractivity contribution in [2.45, 2.75) is 37.6 Å². The van der Waals surface area contributed by atoms with Crippen molar-refractivity contribution >= 4 is 5.82 Å². The summed E-state index contributed by atoms with van der Waals surface area (Å²) in [6.07, 6.45) is 3.70. The minimum atomic E-state index is -0.248. The second-order valence-electron chi connectivity index (χ2n) is 6.77. The Bertz CT molecular complexity index is 536. The summed E-state index contributed by atoms with van der Waals surface area (Å²) in [7, 11) is 0. The van der Waals surface area contributed by atoms with Crippen LogP contribution in [0.4, 0.5) is 5.82 Å². The molecule has 0 aliphatic carbocycles. The molecule has 4 rings (SSSR count). The highest BCUT2D eigenvalue weighted by atomic mass is 16.5. The van der Waals surface area contributed by atoms with Gasteiger partial charge >= 0.3 is 0 Å². The molecule has 1 aromatic rings. The topological polar surface area (TPSA) is 58.1 Å². The van der Waals surface area contributed by atoms with Gasteiger partial charge in [0.05, 0.1) is 25.4 Å². The number of fused-ring (bicyclic) bond motifs is 3. The highest BCUT2D eigenvalue weighted by molar-refractivity contribution is 5.50. The van der Waals surface area contributed by atoms with E-state index in [-0.39, 0.29) is 12.2 Å². The lowest BCUT2D eigenvalue weighted by atomic mass is 10.2. The van der Waals surface area contributed by atoms with Crippen molar-refractivity contribution < 1.29 is 14.6 Å². The summed E-state index contributed by atoms with van der Waals surface area (Å²) in [4.78, 5) is 9.29. The molecule has 0 amide bonds. The maximum absolute atomic E-state index is 10.1. The van der Waals surface area contributed by atoms with Gasteiger partial charge in [-0.05, 0) is 18.9 Å². The Morgan fingerprint density at radius 1 is 1.39 bits per heavy atom. The van der Waals surface area contributed by atoms with E-state index in [2.05, 4.69) is 20.9 Å². The lowest BCUT2D eigenvalue weighted by Crippen LogP contribution is -2.39. The summed E-state index contributed by atoms with van der Waals surface area (Å²) in [5, 5.41) is 10.1. The fourth-order valence-electron chi connectivity index (χ4n) is 3.90. The number of hydrogen-bond acceptors (Lipinski definition) is 6. The van der Waals surface area contributed by atoms with Crippen LogP contribution >= 0.6 is 0 Å². The average Bonchev–Trinajstić information content (AvgIpc) is 3.15. The van der Waals surface area contributed by atoms with Gasteiger partial charge < -0.3 is 19.5 Å². The Balaban J connectivity index is 1.43. The van der Waals surface area contributed by atoms with E-state index in [1.54, 1.807) is 0 Å². The van der Waals surface area contributed by atoms with Crippen LogP contribution in [0.25, 0.3) is 0 Å². The molecule has 0 spiro atoms. The van der Waals surface area contributed by atoms with E-state index in [1.807, 2.05) is 12.3 Å². The summed E-state index contributed by atoms with van der Waals surface area (Å²) < 4.78 is 11.3. The van der Waals surface area contributed by atoms with Crippen molar-refractivity contribution in [1.29, 1.82) is 0 Å². The SMILES string of the molecule is O[C@@H]1C[C@H]2CN(CCOC3CCOC3)Cc3cccnc3N2C1. The Morgan fingerprint density at radius 2 is 2.35 bits per heavy atom. The molecule has 23 heavy (non-hydrogen) atoms. The number of anilines is 1. The molecule has 6 nitrogen and oxygen atoms in total. The zero-order valence-corrected chi connectivity index (χ0v) is 13.4. The minimum absolute atomic E-state index is 0.248. The molecule has 4 heterocycles. The maximum Gasteiger partial charge on any atom is 0.133 e. The normalized spacial score (nSPS) is 31.0. The van der Waals surface area contributed by atoms with Crippen LogP contribution in [-0.2, 0) is 16.0 Å². The molecule has 0 bridgehead atoms. The quantitative estimate of drug-likeness (QED) is 0.879. The summed E-state index contributed by atoms with van der Waals surface area (Å²) in [5.74, 6) is 1.04. The highest BCUT2D eigenvalue weighted by Crippen LogP contribution is 2.31. The number of ether oxygens (including phenoxy) is 2. The minimum Gasteiger partial charge on any atom is -0.391 e. The first-order chi connectivity index (χ1) is 11.3. The fraction of sp³-hybridized carbons (Fsp3) is 0.706. The lowest BCUT2D eigenvalue weighted by Gasteiger charge is -2.26. The van der Waals surface area contributed by atoms with E-state index in [0.717, 1.165) is 58.1 Å². The molecule has 3 aliphatic rings. The third-order valence-electron chi connectivity index (χ3n) is 5.04. The first kappa shape index (κ1) is 15.3. The standard InChI is InChI=1S/C17H25N3O3/c21-15-8-14-10-19(5-7-23-16-3-6-22-12-16)9-13-2-1-4-18-17(13)20(14)11-15/h1-2,4,14-16,21H,3,5-12H2/t14-,15+,16?/m0/s1. The second kappa shape index (κ2) is 6.73. The number of nitrogens with zero attached hydrogens (tertiary/aromatic N) is 3. The summed E-state index contributed by atoms with van der Waals surface area (Å²) >= 11 is 0. The smallest absolute Gasteiger partial charge is 0.133 e. The molecule has 0 aromatic carbocycles. The van der Waals surface area contributed by atoms with Gasteiger partial charge in [-0.15, -0.1) is 0 Å². The van der Waals surface area contributed by atoms with Gasteiger partial charge in [-0.3, -0.25) is 4.90 Å². The van der Waals surface area contributed by atoms with Crippen LogP contribution in [0.3, 0.4) is 0 Å². The molecular formula is C17H25N3O3. The number of pyridine rings is 1. The Kier molecular flexibility index (Phi) is 4.48. The van der Waals surface area contributed by atoms with Gasteiger partial charge in [-0.1, -0.05) is 6.07 Å². The third-order valence-corrected chi connectivity index (χ3v) is 5.04. The van der Waals surface area contributed by atoms with Gasteiger partial charge in [-0.2, -0.15) is 0 Å². The largest absolute Gasteiger partial charge is 0.391 e. The van der Waals surface area contributed by atoms with Crippen LogP contribution < -0.4 is 4.90 Å². The van der Waals surface area contributed by atoms with Gasteiger partial charge in [0.15, 0.2) is 0 Å². The molecule has 1 N–H and O–H groups in total. The van der Waals surface area contributed by atoms with Crippen LogP contribution in [0, 0.1) is 0 Å². The van der Waals surface area contributed by atoms with Crippen molar-refractivity contribution in [3.05, 3.63) is 23.9 Å². The van der Waals surface area contributed by atoms with Crippen LogP contribution in [-0.4, -0.2) is 72.7 Å². The van der Waals surface area contributed by atoms with E-state index in [1.165, 1.54) is 5.56 Å². The molecule has 1 aromatic heterocycles. The Hall–Kier alpha value is -1.21. The van der Waals surface area contributed by atoms with E-state index < -0.39 is 0 Å². The molecule has 3 aliphatic heterocycles. The number of aromatic nitrogens is 1. The highest BCUT2D eigenvalue weighted by Gasteiger charge is 2.36. The predicted octanol–water partition coefficient (Wildman–Crippen LogP) is 0.642. The van der Waals surface area contributed by atoms with E-state index in [0.29, 0.717) is 12.6 Å². The van der Waals surface area contributed by atoms with Crippen LogP contribution in [0.15, 0.2) is 18.3 Å². The van der Waals surface area contributed by atoms with Crippen LogP contribution in [0.1, 0.15) is 18.4 Å². The monoisotopic (exact) mass is 319 g/mol. The van der Waals surface area contributed by atoms with Crippen molar-refractivity contribution in [3.63, 3.8) is 0 Å². The van der Waals surface area contributed by atoms with Crippen molar-refractivity contribution in [3.8, 4) is 0 Å². The molecule has 2 fully saturated rings. The van der Waals surface area contributed by atoms with Gasteiger partial charge in [0.2, 0.25) is 0 Å². The maximum atomic E-state index is 10.1. The Morgan fingerprint density at radius 3 is 3.22 bits per heavy atom. The first-order valence-corrected chi connectivity index (χ1v) is 8.60. The van der Waals surface area contributed by atoms with Crippen LogP contribution in [0.2, 0.25) is 0 Å². The molecule has 0 radical (unpaired) electrons. The number of aliphatic hydroxyl groups is 1. The molecule has 0 saturated carbocycles. The van der Waals surface area contributed by atoms with E-state index >= 15 is 0 Å². The average molecular weight is 319 g/mol. The molecule has 2 saturated heterocycles. The second-order valence-corrected chi connectivity index (χ2v) is 6.77. The Labute approximate surface area is 137 Å². The summed E-state index contributed by atoms with van der Waals surface area (Å²) in [6, 6.07) is 4.49. The first-order valence-electron chi connectivity index (χ1n) is 8.60. The van der Waals surface area contributed by atoms with Gasteiger partial charge in [0.1, 0.15) is 5.82 Å². The lowest BCUT2D eigenvalue weighted by molar-refractivity contribution is 0.0281. The summed E-state index contributed by atoms with van der Waals surface area (Å²) in [5.41, 5.74) is 1.24. The zero-order valence-electron chi connectivity index (χ0n) is 13.4. The molecule has 6 heteroatoms. The molecule has 126 valence electrons. The van der Waals surface area contributed by atoms with Gasteiger partial charge in [-0.25, -0.2) is 4.98 Å². The molecule has 3 atom stereocenters. The third kappa shape index (κ3) is 3.35. The number of hydrogen-bond donors (Lipinski definition) is 1. The number of rotatable bonds is 4. The van der Waals surface area contributed by atoms with E-state index in [9.17, 15) is 5.11 Å².